The lowest BCUT2D eigenvalue weighted by Crippen LogP contribution is -2.22. The molecular formula is C12H17NOS. The van der Waals surface area contributed by atoms with Crippen molar-refractivity contribution in [2.75, 3.05) is 19.0 Å². The van der Waals surface area contributed by atoms with Gasteiger partial charge in [-0.05, 0) is 12.0 Å². The third-order valence-electron chi connectivity index (χ3n) is 2.79. The summed E-state index contributed by atoms with van der Waals surface area (Å²) in [7, 11) is 0. The molecule has 0 radical (unpaired) electrons. The predicted molar refractivity (Wildman–Crippen MR) is 65.1 cm³/mol. The number of thiol groups is 1. The smallest absolute Gasteiger partial charge is 0.0896 e. The van der Waals surface area contributed by atoms with E-state index in [1.54, 1.807) is 0 Å². The van der Waals surface area contributed by atoms with Gasteiger partial charge in [-0.25, -0.2) is 0 Å². The molecule has 0 unspecified atom stereocenters. The van der Waals surface area contributed by atoms with Crippen LogP contribution in [0.3, 0.4) is 0 Å². The Balaban J connectivity index is 1.82. The van der Waals surface area contributed by atoms with Crippen molar-refractivity contribution in [3.8, 4) is 0 Å². The highest BCUT2D eigenvalue weighted by atomic mass is 32.1. The number of ether oxygens (including phenoxy) is 1. The van der Waals surface area contributed by atoms with E-state index in [1.807, 2.05) is 0 Å². The molecule has 1 aromatic carbocycles. The number of likely N-dealkylation sites (tertiary alicyclic amines) is 1. The zero-order valence-electron chi connectivity index (χ0n) is 8.80. The van der Waals surface area contributed by atoms with Crippen LogP contribution in [0.1, 0.15) is 12.0 Å². The molecule has 0 amide bonds. The van der Waals surface area contributed by atoms with Crippen LogP contribution in [-0.2, 0) is 11.3 Å². The van der Waals surface area contributed by atoms with E-state index in [2.05, 4.69) is 47.9 Å². The van der Waals surface area contributed by atoms with Gasteiger partial charge < -0.3 is 4.74 Å². The summed E-state index contributed by atoms with van der Waals surface area (Å²) in [4.78, 5) is 2.43. The van der Waals surface area contributed by atoms with Gasteiger partial charge in [0, 0.05) is 19.6 Å². The third kappa shape index (κ3) is 3.23. The largest absolute Gasteiger partial charge is 0.367 e. The lowest BCUT2D eigenvalue weighted by molar-refractivity contribution is 0.0958. The van der Waals surface area contributed by atoms with Crippen LogP contribution in [0.2, 0.25) is 0 Å². The fourth-order valence-electron chi connectivity index (χ4n) is 2.02. The average Bonchev–Trinajstić information content (AvgIpc) is 2.68. The van der Waals surface area contributed by atoms with E-state index < -0.39 is 0 Å². The van der Waals surface area contributed by atoms with Gasteiger partial charge in [0.15, 0.2) is 0 Å². The lowest BCUT2D eigenvalue weighted by atomic mass is 10.2. The lowest BCUT2D eigenvalue weighted by Gasteiger charge is -2.15. The Bertz CT molecular complexity index is 291. The first-order valence-electron chi connectivity index (χ1n) is 5.37. The Morgan fingerprint density at radius 3 is 2.87 bits per heavy atom. The molecule has 0 N–H and O–H groups in total. The Morgan fingerprint density at radius 1 is 1.33 bits per heavy atom. The fourth-order valence-corrected chi connectivity index (χ4v) is 2.23. The Morgan fingerprint density at radius 2 is 2.13 bits per heavy atom. The second-order valence-electron chi connectivity index (χ2n) is 3.93. The first-order valence-corrected chi connectivity index (χ1v) is 6.00. The Kier molecular flexibility index (Phi) is 4.06. The van der Waals surface area contributed by atoms with Crippen molar-refractivity contribution in [2.24, 2.45) is 0 Å². The molecule has 1 fully saturated rings. The van der Waals surface area contributed by atoms with Gasteiger partial charge in [-0.3, -0.25) is 4.90 Å². The summed E-state index contributed by atoms with van der Waals surface area (Å²) in [5.74, 6) is 0.532. The molecule has 15 heavy (non-hydrogen) atoms. The molecule has 1 aliphatic rings. The zero-order chi connectivity index (χ0) is 10.5. The third-order valence-corrected chi connectivity index (χ3v) is 2.94. The minimum atomic E-state index is 0.381. The van der Waals surface area contributed by atoms with Gasteiger partial charge in [-0.15, -0.1) is 0 Å². The molecule has 0 aromatic heterocycles. The molecule has 1 aromatic rings. The van der Waals surface area contributed by atoms with Crippen molar-refractivity contribution in [3.63, 3.8) is 0 Å². The van der Waals surface area contributed by atoms with Crippen LogP contribution in [0.15, 0.2) is 30.3 Å². The van der Waals surface area contributed by atoms with Gasteiger partial charge in [0.05, 0.1) is 12.0 Å². The minimum Gasteiger partial charge on any atom is -0.367 e. The standard InChI is InChI=1S/C12H17NOS/c15-10-14-12-6-7-13(9-12)8-11-4-2-1-3-5-11/h1-5,12,15H,6-10H2/t12-/m1/s1. The average molecular weight is 223 g/mol. The molecule has 2 nitrogen and oxygen atoms in total. The summed E-state index contributed by atoms with van der Waals surface area (Å²) < 4.78 is 5.49. The fraction of sp³-hybridized carbons (Fsp3) is 0.500. The Hall–Kier alpha value is -0.510. The summed E-state index contributed by atoms with van der Waals surface area (Å²) in [6.45, 7) is 3.20. The van der Waals surface area contributed by atoms with Crippen LogP contribution in [0, 0.1) is 0 Å². The van der Waals surface area contributed by atoms with Crippen molar-refractivity contribution in [1.82, 2.24) is 4.90 Å². The van der Waals surface area contributed by atoms with Crippen molar-refractivity contribution < 1.29 is 4.74 Å². The zero-order valence-corrected chi connectivity index (χ0v) is 9.70. The van der Waals surface area contributed by atoms with Crippen molar-refractivity contribution in [3.05, 3.63) is 35.9 Å². The highest BCUT2D eigenvalue weighted by Crippen LogP contribution is 2.15. The van der Waals surface area contributed by atoms with E-state index in [-0.39, 0.29) is 0 Å². The molecule has 3 heteroatoms. The van der Waals surface area contributed by atoms with Crippen molar-refractivity contribution in [2.45, 2.75) is 19.1 Å². The van der Waals surface area contributed by atoms with E-state index in [9.17, 15) is 0 Å². The van der Waals surface area contributed by atoms with Crippen LogP contribution in [-0.4, -0.2) is 30.0 Å². The van der Waals surface area contributed by atoms with E-state index in [4.69, 9.17) is 4.74 Å². The van der Waals surface area contributed by atoms with E-state index in [1.165, 1.54) is 5.56 Å². The molecule has 0 saturated carbocycles. The SMILES string of the molecule is SCO[C@@H]1CCN(Cc2ccccc2)C1. The van der Waals surface area contributed by atoms with Crippen LogP contribution < -0.4 is 0 Å². The van der Waals surface area contributed by atoms with Gasteiger partial charge in [0.2, 0.25) is 0 Å². The maximum absolute atomic E-state index is 5.49. The molecule has 0 aliphatic carbocycles. The van der Waals surface area contributed by atoms with Crippen molar-refractivity contribution in [1.29, 1.82) is 0 Å². The first-order chi connectivity index (χ1) is 7.38. The normalized spacial score (nSPS) is 22.1. The van der Waals surface area contributed by atoms with Gasteiger partial charge in [-0.2, -0.15) is 12.6 Å². The summed E-state index contributed by atoms with van der Waals surface area (Å²) >= 11 is 4.08. The predicted octanol–water partition coefficient (Wildman–Crippen LogP) is 2.16. The van der Waals surface area contributed by atoms with Crippen molar-refractivity contribution >= 4 is 12.6 Å². The van der Waals surface area contributed by atoms with E-state index in [0.717, 1.165) is 26.1 Å². The van der Waals surface area contributed by atoms with E-state index >= 15 is 0 Å². The second-order valence-corrected chi connectivity index (χ2v) is 4.19. The maximum Gasteiger partial charge on any atom is 0.0896 e. The minimum absolute atomic E-state index is 0.381. The molecule has 0 spiro atoms. The molecule has 1 atom stereocenters. The number of hydrogen-bond acceptors (Lipinski definition) is 3. The summed E-state index contributed by atoms with van der Waals surface area (Å²) in [6.07, 6.45) is 1.51. The molecule has 1 aliphatic heterocycles. The molecule has 2 rings (SSSR count). The van der Waals surface area contributed by atoms with Gasteiger partial charge in [-0.1, -0.05) is 30.3 Å². The maximum atomic E-state index is 5.49. The highest BCUT2D eigenvalue weighted by molar-refractivity contribution is 7.80. The Labute approximate surface area is 96.6 Å². The van der Waals surface area contributed by atoms with Crippen LogP contribution in [0.25, 0.3) is 0 Å². The van der Waals surface area contributed by atoms with Crippen LogP contribution in [0.5, 0.6) is 0 Å². The number of rotatable bonds is 4. The van der Waals surface area contributed by atoms with Gasteiger partial charge in [0.25, 0.3) is 0 Å². The summed E-state index contributed by atoms with van der Waals surface area (Å²) in [6, 6.07) is 10.6. The number of nitrogens with zero attached hydrogens (tertiary/aromatic N) is 1. The summed E-state index contributed by atoms with van der Waals surface area (Å²) in [5, 5.41) is 0. The molecule has 0 bridgehead atoms. The topological polar surface area (TPSA) is 12.5 Å². The van der Waals surface area contributed by atoms with Gasteiger partial charge >= 0.3 is 0 Å². The second kappa shape index (κ2) is 5.54. The van der Waals surface area contributed by atoms with Gasteiger partial charge in [0.1, 0.15) is 0 Å². The number of hydrogen-bond donors (Lipinski definition) is 1. The highest BCUT2D eigenvalue weighted by Gasteiger charge is 2.22. The molecule has 1 heterocycles. The monoisotopic (exact) mass is 223 g/mol. The molecular weight excluding hydrogens is 206 g/mol. The molecule has 1 saturated heterocycles. The van der Waals surface area contributed by atoms with Crippen LogP contribution >= 0.6 is 12.6 Å². The first kappa shape index (κ1) is 11.0. The van der Waals surface area contributed by atoms with E-state index in [0.29, 0.717) is 12.0 Å². The summed E-state index contributed by atoms with van der Waals surface area (Å²) in [5.41, 5.74) is 1.38. The number of benzene rings is 1. The quantitative estimate of drug-likeness (QED) is 0.620. The van der Waals surface area contributed by atoms with Crippen LogP contribution in [0.4, 0.5) is 0 Å². The molecule has 82 valence electrons.